The van der Waals surface area contributed by atoms with Crippen molar-refractivity contribution in [3.05, 3.63) is 75.7 Å². The van der Waals surface area contributed by atoms with Gasteiger partial charge in [0.2, 0.25) is 0 Å². The van der Waals surface area contributed by atoms with Crippen LogP contribution in [0, 0.1) is 17.1 Å². The Bertz CT molecular complexity index is 1060. The molecule has 2 aromatic rings. The molecule has 2 heterocycles. The molecule has 29 heavy (non-hydrogen) atoms. The van der Waals surface area contributed by atoms with Gasteiger partial charge in [-0.05, 0) is 42.8 Å². The van der Waals surface area contributed by atoms with E-state index in [-0.39, 0.29) is 33.5 Å². The first-order valence-corrected chi connectivity index (χ1v) is 9.26. The quantitative estimate of drug-likeness (QED) is 0.746. The smallest absolute Gasteiger partial charge is 0.269 e. The Labute approximate surface area is 169 Å². The lowest BCUT2D eigenvalue weighted by atomic mass is 9.89. The Morgan fingerprint density at radius 2 is 2.10 bits per heavy atom. The third kappa shape index (κ3) is 4.49. The minimum Gasteiger partial charge on any atom is -0.378 e. The van der Waals surface area contributed by atoms with Crippen LogP contribution in [0.3, 0.4) is 0 Å². The minimum absolute atomic E-state index is 0.0389. The third-order valence-corrected chi connectivity index (χ3v) is 5.15. The van der Waals surface area contributed by atoms with Crippen LogP contribution >= 0.6 is 11.8 Å². The zero-order valence-corrected chi connectivity index (χ0v) is 16.0. The molecule has 1 aliphatic heterocycles. The molecule has 5 nitrogen and oxygen atoms in total. The van der Waals surface area contributed by atoms with E-state index >= 15 is 0 Å². The molecule has 0 spiro atoms. The average molecular weight is 416 g/mol. The summed E-state index contributed by atoms with van der Waals surface area (Å²) in [6.07, 6.45) is -0.367. The van der Waals surface area contributed by atoms with Crippen molar-refractivity contribution in [2.75, 3.05) is 0 Å². The number of nitrogens with two attached hydrogens (primary N) is 1. The molecule has 148 valence electrons. The maximum atomic E-state index is 14.5. The van der Waals surface area contributed by atoms with Crippen molar-refractivity contribution < 1.29 is 18.0 Å². The molecule has 1 aromatic carbocycles. The number of benzene rings is 1. The highest BCUT2D eigenvalue weighted by atomic mass is 32.2. The number of halogens is 3. The minimum atomic E-state index is -2.76. The van der Waals surface area contributed by atoms with Gasteiger partial charge in [0.05, 0.1) is 10.5 Å². The van der Waals surface area contributed by atoms with E-state index in [0.717, 1.165) is 0 Å². The fraction of sp³-hybridized carbons (Fsp3) is 0.200. The van der Waals surface area contributed by atoms with Crippen LogP contribution in [-0.4, -0.2) is 22.4 Å². The fourth-order valence-electron chi connectivity index (χ4n) is 2.93. The zero-order valence-electron chi connectivity index (χ0n) is 15.2. The number of ketones is 1. The number of hydrogen-bond donors (Lipinski definition) is 1. The largest absolute Gasteiger partial charge is 0.378 e. The standard InChI is InChI=1S/C20H15F3N4OS/c1-20(8-17(18(22)23)29-19(25)27-20)13-6-11(2-4-14(13)21)7-16(28)15-5-3-12(9-24)10-26-15/h2-6,8,10,18H,7H2,1H3,(H2,25,27)/t20-/m0/s1. The highest BCUT2D eigenvalue weighted by Crippen LogP contribution is 2.39. The molecule has 1 atom stereocenters. The number of aliphatic imine (C=N–C) groups is 1. The zero-order chi connectivity index (χ0) is 21.2. The predicted octanol–water partition coefficient (Wildman–Crippen LogP) is 3.94. The number of nitriles is 1. The van der Waals surface area contributed by atoms with Gasteiger partial charge in [-0.2, -0.15) is 5.26 Å². The molecular formula is C20H15F3N4OS. The number of aromatic nitrogens is 1. The maximum Gasteiger partial charge on any atom is 0.269 e. The number of carbonyl (C=O) groups excluding carboxylic acids is 1. The lowest BCUT2D eigenvalue weighted by molar-refractivity contribution is 0.0988. The summed E-state index contributed by atoms with van der Waals surface area (Å²) >= 11 is 0.644. The molecule has 0 aliphatic carbocycles. The predicted molar refractivity (Wildman–Crippen MR) is 104 cm³/mol. The summed E-state index contributed by atoms with van der Waals surface area (Å²) in [7, 11) is 0. The van der Waals surface area contributed by atoms with Gasteiger partial charge >= 0.3 is 0 Å². The molecule has 0 amide bonds. The third-order valence-electron chi connectivity index (χ3n) is 4.32. The summed E-state index contributed by atoms with van der Waals surface area (Å²) in [4.78, 5) is 20.3. The van der Waals surface area contributed by atoms with E-state index < -0.39 is 17.8 Å². The second kappa shape index (κ2) is 8.09. The molecule has 0 radical (unpaired) electrons. The van der Waals surface area contributed by atoms with Gasteiger partial charge in [-0.15, -0.1) is 0 Å². The van der Waals surface area contributed by atoms with Gasteiger partial charge in [0.15, 0.2) is 11.0 Å². The number of thioether (sulfide) groups is 1. The molecule has 0 saturated heterocycles. The van der Waals surface area contributed by atoms with E-state index in [1.54, 1.807) is 0 Å². The Hall–Kier alpha value is -3.12. The van der Waals surface area contributed by atoms with Gasteiger partial charge in [-0.3, -0.25) is 9.78 Å². The second-order valence-corrected chi connectivity index (χ2v) is 7.60. The summed E-state index contributed by atoms with van der Waals surface area (Å²) in [6, 6.07) is 8.85. The second-order valence-electron chi connectivity index (χ2n) is 6.51. The van der Waals surface area contributed by atoms with Crippen LogP contribution in [0.25, 0.3) is 0 Å². The van der Waals surface area contributed by atoms with Gasteiger partial charge in [0, 0.05) is 18.2 Å². The monoisotopic (exact) mass is 416 g/mol. The molecule has 1 aromatic heterocycles. The summed E-state index contributed by atoms with van der Waals surface area (Å²) < 4.78 is 40.9. The van der Waals surface area contributed by atoms with E-state index in [2.05, 4.69) is 9.98 Å². The Morgan fingerprint density at radius 1 is 1.34 bits per heavy atom. The summed E-state index contributed by atoms with van der Waals surface area (Å²) in [5.74, 6) is -0.975. The number of alkyl halides is 2. The number of carbonyl (C=O) groups is 1. The lowest BCUT2D eigenvalue weighted by Gasteiger charge is -2.28. The highest BCUT2D eigenvalue weighted by molar-refractivity contribution is 8.17. The Kier molecular flexibility index (Phi) is 5.75. The lowest BCUT2D eigenvalue weighted by Crippen LogP contribution is -2.27. The van der Waals surface area contributed by atoms with Crippen LogP contribution in [0.1, 0.15) is 34.1 Å². The van der Waals surface area contributed by atoms with Crippen molar-refractivity contribution in [1.82, 2.24) is 4.98 Å². The van der Waals surface area contributed by atoms with Crippen molar-refractivity contribution >= 4 is 22.7 Å². The van der Waals surface area contributed by atoms with Crippen LogP contribution in [-0.2, 0) is 12.0 Å². The normalized spacial score (nSPS) is 18.8. The highest BCUT2D eigenvalue weighted by Gasteiger charge is 2.34. The van der Waals surface area contributed by atoms with Crippen LogP contribution in [0.5, 0.6) is 0 Å². The molecule has 0 fully saturated rings. The number of allylic oxidation sites excluding steroid dienone is 1. The van der Waals surface area contributed by atoms with E-state index in [1.807, 2.05) is 6.07 Å². The van der Waals surface area contributed by atoms with Crippen LogP contribution < -0.4 is 5.73 Å². The van der Waals surface area contributed by atoms with Gasteiger partial charge in [-0.1, -0.05) is 17.8 Å². The number of Topliss-reactive ketones (excluding diaryl/α,β-unsaturated/α-hetero) is 1. The van der Waals surface area contributed by atoms with Gasteiger partial charge in [-0.25, -0.2) is 18.2 Å². The molecule has 0 bridgehead atoms. The number of rotatable bonds is 5. The molecule has 9 heteroatoms. The van der Waals surface area contributed by atoms with Crippen LogP contribution in [0.15, 0.2) is 52.5 Å². The molecule has 0 unspecified atom stereocenters. The summed E-state index contributed by atoms with van der Waals surface area (Å²) in [5.41, 5.74) is 5.25. The summed E-state index contributed by atoms with van der Waals surface area (Å²) in [5, 5.41) is 8.71. The summed E-state index contributed by atoms with van der Waals surface area (Å²) in [6.45, 7) is 1.48. The van der Waals surface area contributed by atoms with Crippen molar-refractivity contribution in [1.29, 1.82) is 5.26 Å². The van der Waals surface area contributed by atoms with Crippen molar-refractivity contribution in [3.63, 3.8) is 0 Å². The SMILES string of the molecule is C[C@@]1(c2cc(CC(=O)c3ccc(C#N)cn3)ccc2F)C=C(C(F)F)SC(N)=N1. The molecule has 0 saturated carbocycles. The number of pyridine rings is 1. The topological polar surface area (TPSA) is 92.1 Å². The van der Waals surface area contributed by atoms with E-state index in [0.29, 0.717) is 22.9 Å². The van der Waals surface area contributed by atoms with Gasteiger partial charge in [0.25, 0.3) is 6.43 Å². The van der Waals surface area contributed by atoms with Crippen molar-refractivity contribution in [2.45, 2.75) is 25.3 Å². The Balaban J connectivity index is 1.92. The Morgan fingerprint density at radius 3 is 2.72 bits per heavy atom. The van der Waals surface area contributed by atoms with Gasteiger partial charge < -0.3 is 5.73 Å². The van der Waals surface area contributed by atoms with Crippen LogP contribution in [0.2, 0.25) is 0 Å². The number of amidine groups is 1. The average Bonchev–Trinajstić information content (AvgIpc) is 2.68. The maximum absolute atomic E-state index is 14.5. The first-order chi connectivity index (χ1) is 13.7. The number of hydrogen-bond acceptors (Lipinski definition) is 6. The first kappa shape index (κ1) is 20.6. The molecule has 2 N–H and O–H groups in total. The van der Waals surface area contributed by atoms with E-state index in [4.69, 9.17) is 11.0 Å². The van der Waals surface area contributed by atoms with Gasteiger partial charge in [0.1, 0.15) is 23.1 Å². The fourth-order valence-corrected chi connectivity index (χ4v) is 3.78. The first-order valence-electron chi connectivity index (χ1n) is 8.44. The van der Waals surface area contributed by atoms with Crippen molar-refractivity contribution in [3.8, 4) is 6.07 Å². The van der Waals surface area contributed by atoms with E-state index in [9.17, 15) is 18.0 Å². The van der Waals surface area contributed by atoms with Crippen LogP contribution in [0.4, 0.5) is 13.2 Å². The molecule has 3 rings (SSSR count). The molecular weight excluding hydrogens is 401 g/mol. The molecule has 1 aliphatic rings. The van der Waals surface area contributed by atoms with E-state index in [1.165, 1.54) is 49.5 Å². The number of nitrogens with zero attached hydrogens (tertiary/aromatic N) is 3. The van der Waals surface area contributed by atoms with Crippen molar-refractivity contribution in [2.24, 2.45) is 10.7 Å².